The van der Waals surface area contributed by atoms with Crippen LogP contribution in [0, 0.1) is 0 Å². The van der Waals surface area contributed by atoms with Crippen LogP contribution in [-0.4, -0.2) is 26.2 Å². The molecule has 2 aromatic rings. The summed E-state index contributed by atoms with van der Waals surface area (Å²) in [5.41, 5.74) is 3.00. The minimum Gasteiger partial charge on any atom is -0.495 e. The van der Waals surface area contributed by atoms with Crippen molar-refractivity contribution in [3.8, 4) is 5.75 Å². The van der Waals surface area contributed by atoms with E-state index in [0.717, 1.165) is 22.8 Å². The van der Waals surface area contributed by atoms with E-state index < -0.39 is 0 Å². The fraction of sp³-hybridized carbons (Fsp3) is 0.214. The van der Waals surface area contributed by atoms with Crippen molar-refractivity contribution in [3.05, 3.63) is 42.7 Å². The van der Waals surface area contributed by atoms with Crippen LogP contribution < -0.4 is 15.0 Å². The zero-order valence-electron chi connectivity index (χ0n) is 10.8. The summed E-state index contributed by atoms with van der Waals surface area (Å²) in [4.78, 5) is 6.26. The fourth-order valence-corrected chi connectivity index (χ4v) is 1.79. The van der Waals surface area contributed by atoms with Crippen molar-refractivity contribution in [2.45, 2.75) is 0 Å². The molecular formula is C14H17N3O. The molecule has 94 valence electrons. The summed E-state index contributed by atoms with van der Waals surface area (Å²) < 4.78 is 5.37. The summed E-state index contributed by atoms with van der Waals surface area (Å²) in [6.45, 7) is 0. The van der Waals surface area contributed by atoms with Gasteiger partial charge in [0.25, 0.3) is 0 Å². The molecule has 0 bridgehead atoms. The molecule has 2 rings (SSSR count). The Morgan fingerprint density at radius 3 is 2.72 bits per heavy atom. The molecule has 0 aliphatic heterocycles. The Kier molecular flexibility index (Phi) is 3.67. The van der Waals surface area contributed by atoms with Crippen molar-refractivity contribution < 1.29 is 4.74 Å². The van der Waals surface area contributed by atoms with Crippen molar-refractivity contribution in [1.82, 2.24) is 4.98 Å². The molecule has 1 aromatic heterocycles. The van der Waals surface area contributed by atoms with Gasteiger partial charge in [-0.15, -0.1) is 0 Å². The Morgan fingerprint density at radius 2 is 2.00 bits per heavy atom. The van der Waals surface area contributed by atoms with E-state index in [9.17, 15) is 0 Å². The normalized spacial score (nSPS) is 9.94. The number of para-hydroxylation sites is 2. The van der Waals surface area contributed by atoms with Gasteiger partial charge in [-0.2, -0.15) is 0 Å². The zero-order valence-corrected chi connectivity index (χ0v) is 10.8. The molecule has 1 aromatic carbocycles. The van der Waals surface area contributed by atoms with E-state index in [0.29, 0.717) is 0 Å². The molecule has 0 aliphatic rings. The second kappa shape index (κ2) is 5.40. The van der Waals surface area contributed by atoms with Gasteiger partial charge in [-0.3, -0.25) is 4.98 Å². The highest BCUT2D eigenvalue weighted by molar-refractivity contribution is 5.70. The highest BCUT2D eigenvalue weighted by Crippen LogP contribution is 2.32. The van der Waals surface area contributed by atoms with Crippen LogP contribution in [0.3, 0.4) is 0 Å². The SMILES string of the molecule is CNc1cncc(N(C)c2ccccc2OC)c1. The molecule has 4 heteroatoms. The highest BCUT2D eigenvalue weighted by atomic mass is 16.5. The van der Waals surface area contributed by atoms with E-state index >= 15 is 0 Å². The summed E-state index contributed by atoms with van der Waals surface area (Å²) in [6.07, 6.45) is 3.62. The fourth-order valence-electron chi connectivity index (χ4n) is 1.79. The maximum atomic E-state index is 5.37. The van der Waals surface area contributed by atoms with Gasteiger partial charge in [0, 0.05) is 14.1 Å². The molecule has 1 heterocycles. The molecule has 1 N–H and O–H groups in total. The van der Waals surface area contributed by atoms with E-state index in [1.165, 1.54) is 0 Å². The van der Waals surface area contributed by atoms with Crippen LogP contribution in [0.25, 0.3) is 0 Å². The highest BCUT2D eigenvalue weighted by Gasteiger charge is 2.09. The van der Waals surface area contributed by atoms with Gasteiger partial charge >= 0.3 is 0 Å². The van der Waals surface area contributed by atoms with Crippen LogP contribution in [-0.2, 0) is 0 Å². The lowest BCUT2D eigenvalue weighted by Gasteiger charge is -2.21. The number of hydrogen-bond acceptors (Lipinski definition) is 4. The van der Waals surface area contributed by atoms with E-state index in [4.69, 9.17) is 4.74 Å². The maximum Gasteiger partial charge on any atom is 0.142 e. The first-order chi connectivity index (χ1) is 8.76. The number of aromatic nitrogens is 1. The smallest absolute Gasteiger partial charge is 0.142 e. The van der Waals surface area contributed by atoms with Crippen LogP contribution in [0.15, 0.2) is 42.7 Å². The van der Waals surface area contributed by atoms with E-state index in [2.05, 4.69) is 10.3 Å². The second-order valence-electron chi connectivity index (χ2n) is 3.91. The Hall–Kier alpha value is -2.23. The lowest BCUT2D eigenvalue weighted by Crippen LogP contribution is -2.11. The van der Waals surface area contributed by atoms with Crippen molar-refractivity contribution in [1.29, 1.82) is 0 Å². The van der Waals surface area contributed by atoms with Crippen molar-refractivity contribution >= 4 is 17.1 Å². The van der Waals surface area contributed by atoms with Gasteiger partial charge in [0.1, 0.15) is 5.75 Å². The molecule has 4 nitrogen and oxygen atoms in total. The van der Waals surface area contributed by atoms with Crippen LogP contribution in [0.1, 0.15) is 0 Å². The number of nitrogens with one attached hydrogen (secondary N) is 1. The topological polar surface area (TPSA) is 37.4 Å². The summed E-state index contributed by atoms with van der Waals surface area (Å²) in [5.74, 6) is 0.842. The van der Waals surface area contributed by atoms with Crippen molar-refractivity contribution in [2.24, 2.45) is 0 Å². The number of nitrogens with zero attached hydrogens (tertiary/aromatic N) is 2. The van der Waals surface area contributed by atoms with Crippen LogP contribution >= 0.6 is 0 Å². The van der Waals surface area contributed by atoms with Crippen LogP contribution in [0.5, 0.6) is 5.75 Å². The lowest BCUT2D eigenvalue weighted by molar-refractivity contribution is 0.415. The number of rotatable bonds is 4. The average molecular weight is 243 g/mol. The quantitative estimate of drug-likeness (QED) is 0.896. The number of pyridine rings is 1. The monoisotopic (exact) mass is 243 g/mol. The Balaban J connectivity index is 2.37. The number of ether oxygens (including phenoxy) is 1. The molecule has 0 aliphatic carbocycles. The second-order valence-corrected chi connectivity index (χ2v) is 3.91. The molecule has 0 saturated heterocycles. The lowest BCUT2D eigenvalue weighted by atomic mass is 10.2. The largest absolute Gasteiger partial charge is 0.495 e. The summed E-state index contributed by atoms with van der Waals surface area (Å²) in [7, 11) is 5.55. The van der Waals surface area contributed by atoms with Crippen LogP contribution in [0.4, 0.5) is 17.1 Å². The first-order valence-corrected chi connectivity index (χ1v) is 5.76. The Bertz CT molecular complexity index is 528. The van der Waals surface area contributed by atoms with Crippen molar-refractivity contribution in [3.63, 3.8) is 0 Å². The zero-order chi connectivity index (χ0) is 13.0. The first kappa shape index (κ1) is 12.2. The van der Waals surface area contributed by atoms with Gasteiger partial charge in [-0.25, -0.2) is 0 Å². The van der Waals surface area contributed by atoms with Crippen LogP contribution in [0.2, 0.25) is 0 Å². The van der Waals surface area contributed by atoms with Gasteiger partial charge in [-0.05, 0) is 18.2 Å². The number of methoxy groups -OCH3 is 1. The van der Waals surface area contributed by atoms with E-state index in [-0.39, 0.29) is 0 Å². The molecule has 0 atom stereocenters. The third kappa shape index (κ3) is 2.37. The molecule has 0 saturated carbocycles. The van der Waals surface area contributed by atoms with E-state index in [1.807, 2.05) is 55.5 Å². The molecule has 0 radical (unpaired) electrons. The van der Waals surface area contributed by atoms with Gasteiger partial charge in [0.2, 0.25) is 0 Å². The van der Waals surface area contributed by atoms with Gasteiger partial charge < -0.3 is 15.0 Å². The maximum absolute atomic E-state index is 5.37. The number of hydrogen-bond donors (Lipinski definition) is 1. The van der Waals surface area contributed by atoms with E-state index in [1.54, 1.807) is 13.3 Å². The summed E-state index contributed by atoms with van der Waals surface area (Å²) in [6, 6.07) is 9.95. The minimum absolute atomic E-state index is 0.842. The molecule has 0 spiro atoms. The predicted molar refractivity (Wildman–Crippen MR) is 74.8 cm³/mol. The standard InChI is InChI=1S/C14H17N3O/c1-15-11-8-12(10-16-9-11)17(2)13-6-4-5-7-14(13)18-3/h4-10,15H,1-3H3. The van der Waals surface area contributed by atoms with Crippen molar-refractivity contribution in [2.75, 3.05) is 31.4 Å². The third-order valence-electron chi connectivity index (χ3n) is 2.85. The summed E-state index contributed by atoms with van der Waals surface area (Å²) in [5, 5.41) is 3.08. The van der Waals surface area contributed by atoms with Gasteiger partial charge in [0.05, 0.1) is 36.6 Å². The Morgan fingerprint density at radius 1 is 1.22 bits per heavy atom. The number of anilines is 3. The van der Waals surface area contributed by atoms with Gasteiger partial charge in [-0.1, -0.05) is 12.1 Å². The first-order valence-electron chi connectivity index (χ1n) is 5.76. The predicted octanol–water partition coefficient (Wildman–Crippen LogP) is 2.90. The molecule has 0 unspecified atom stereocenters. The minimum atomic E-state index is 0.842. The Labute approximate surface area is 107 Å². The third-order valence-corrected chi connectivity index (χ3v) is 2.85. The molecule has 0 fully saturated rings. The average Bonchev–Trinajstić information content (AvgIpc) is 2.46. The molecule has 18 heavy (non-hydrogen) atoms. The van der Waals surface area contributed by atoms with Gasteiger partial charge in [0.15, 0.2) is 0 Å². The molecular weight excluding hydrogens is 226 g/mol. The summed E-state index contributed by atoms with van der Waals surface area (Å²) >= 11 is 0. The number of benzene rings is 1. The molecule has 0 amide bonds.